The van der Waals surface area contributed by atoms with E-state index in [1.54, 1.807) is 11.3 Å². The van der Waals surface area contributed by atoms with E-state index in [4.69, 9.17) is 4.74 Å². The molecule has 0 saturated carbocycles. The van der Waals surface area contributed by atoms with Crippen LogP contribution in [0.25, 0.3) is 0 Å². The minimum atomic E-state index is 0.479. The lowest BCUT2D eigenvalue weighted by atomic mass is 9.87. The van der Waals surface area contributed by atoms with Gasteiger partial charge in [-0.25, -0.2) is 4.98 Å². The fourth-order valence-electron chi connectivity index (χ4n) is 2.87. The van der Waals surface area contributed by atoms with Gasteiger partial charge >= 0.3 is 0 Å². The molecule has 1 aliphatic carbocycles. The Balaban J connectivity index is 1.80. The van der Waals surface area contributed by atoms with E-state index >= 15 is 0 Å². The van der Waals surface area contributed by atoms with Gasteiger partial charge in [0.1, 0.15) is 17.4 Å². The van der Waals surface area contributed by atoms with Gasteiger partial charge < -0.3 is 10.1 Å². The Labute approximate surface area is 124 Å². The minimum Gasteiger partial charge on any atom is -0.486 e. The molecule has 1 atom stereocenters. The van der Waals surface area contributed by atoms with Crippen LogP contribution in [-0.4, -0.2) is 11.5 Å². The number of hydrogen-bond donors (Lipinski definition) is 1. The first-order valence-corrected chi connectivity index (χ1v) is 8.12. The molecular formula is C16H20N2OS. The van der Waals surface area contributed by atoms with Crippen LogP contribution in [0.5, 0.6) is 5.75 Å². The lowest BCUT2D eigenvalue weighted by molar-refractivity contribution is 0.299. The molecule has 3 rings (SSSR count). The molecule has 0 fully saturated rings. The summed E-state index contributed by atoms with van der Waals surface area (Å²) >= 11 is 1.64. The molecule has 3 nitrogen and oxygen atoms in total. The van der Waals surface area contributed by atoms with Crippen LogP contribution in [0, 0.1) is 0 Å². The molecule has 1 aromatic carbocycles. The minimum absolute atomic E-state index is 0.479. The van der Waals surface area contributed by atoms with Crippen LogP contribution >= 0.6 is 11.3 Å². The summed E-state index contributed by atoms with van der Waals surface area (Å²) in [6.45, 7) is 3.74. The Kier molecular flexibility index (Phi) is 4.33. The van der Waals surface area contributed by atoms with Gasteiger partial charge in [0.05, 0.1) is 0 Å². The number of nitrogens with zero attached hydrogens (tertiary/aromatic N) is 1. The summed E-state index contributed by atoms with van der Waals surface area (Å²) in [5, 5.41) is 6.59. The van der Waals surface area contributed by atoms with Crippen LogP contribution in [0.15, 0.2) is 29.8 Å². The van der Waals surface area contributed by atoms with Gasteiger partial charge in [-0.05, 0) is 43.0 Å². The normalized spacial score (nSPS) is 17.8. The zero-order chi connectivity index (χ0) is 13.8. The molecule has 1 aliphatic rings. The van der Waals surface area contributed by atoms with E-state index in [9.17, 15) is 0 Å². The Morgan fingerprint density at radius 2 is 2.40 bits per heavy atom. The van der Waals surface area contributed by atoms with Crippen molar-refractivity contribution in [3.05, 3.63) is 45.9 Å². The number of nitrogens with one attached hydrogen (secondary N) is 1. The topological polar surface area (TPSA) is 34.1 Å². The highest BCUT2D eigenvalue weighted by Crippen LogP contribution is 2.35. The molecule has 4 heteroatoms. The van der Waals surface area contributed by atoms with E-state index in [1.165, 1.54) is 24.0 Å². The molecule has 0 aliphatic heterocycles. The highest BCUT2D eigenvalue weighted by Gasteiger charge is 2.22. The van der Waals surface area contributed by atoms with Gasteiger partial charge in [0.25, 0.3) is 0 Å². The third kappa shape index (κ3) is 2.86. The maximum atomic E-state index is 6.00. The third-order valence-electron chi connectivity index (χ3n) is 3.75. The first kappa shape index (κ1) is 13.6. The van der Waals surface area contributed by atoms with Gasteiger partial charge in [0.2, 0.25) is 0 Å². The van der Waals surface area contributed by atoms with Crippen LogP contribution < -0.4 is 10.1 Å². The lowest BCUT2D eigenvalue weighted by Gasteiger charge is -2.27. The maximum Gasteiger partial charge on any atom is 0.140 e. The summed E-state index contributed by atoms with van der Waals surface area (Å²) in [7, 11) is 0. The Bertz CT molecular complexity index is 554. The van der Waals surface area contributed by atoms with Gasteiger partial charge in [0.15, 0.2) is 0 Å². The smallest absolute Gasteiger partial charge is 0.140 e. The Morgan fingerprint density at radius 1 is 1.45 bits per heavy atom. The average Bonchev–Trinajstić information content (AvgIpc) is 2.99. The zero-order valence-electron chi connectivity index (χ0n) is 11.8. The van der Waals surface area contributed by atoms with Crippen molar-refractivity contribution in [3.63, 3.8) is 0 Å². The molecule has 0 saturated heterocycles. The lowest BCUT2D eigenvalue weighted by Crippen LogP contribution is -2.25. The van der Waals surface area contributed by atoms with Crippen molar-refractivity contribution in [1.82, 2.24) is 10.3 Å². The SMILES string of the molecule is CCNC1CCCc2c(OCc3nccs3)cccc21. The van der Waals surface area contributed by atoms with E-state index in [1.807, 2.05) is 11.6 Å². The van der Waals surface area contributed by atoms with Gasteiger partial charge in [-0.1, -0.05) is 19.1 Å². The molecule has 2 aromatic rings. The number of benzene rings is 1. The number of fused-ring (bicyclic) bond motifs is 1. The number of thiazole rings is 1. The largest absolute Gasteiger partial charge is 0.486 e. The predicted octanol–water partition coefficient (Wildman–Crippen LogP) is 3.71. The molecule has 0 amide bonds. The van der Waals surface area contributed by atoms with Crippen molar-refractivity contribution in [2.75, 3.05) is 6.54 Å². The van der Waals surface area contributed by atoms with Crippen molar-refractivity contribution in [3.8, 4) is 5.75 Å². The van der Waals surface area contributed by atoms with Gasteiger partial charge in [-0.3, -0.25) is 0 Å². The van der Waals surface area contributed by atoms with Crippen molar-refractivity contribution in [2.45, 2.75) is 38.8 Å². The van der Waals surface area contributed by atoms with E-state index in [0.29, 0.717) is 12.6 Å². The monoisotopic (exact) mass is 288 g/mol. The molecule has 1 heterocycles. The highest BCUT2D eigenvalue weighted by atomic mass is 32.1. The highest BCUT2D eigenvalue weighted by molar-refractivity contribution is 7.09. The van der Waals surface area contributed by atoms with Crippen LogP contribution in [0.3, 0.4) is 0 Å². The van der Waals surface area contributed by atoms with Crippen LogP contribution in [0.2, 0.25) is 0 Å². The zero-order valence-corrected chi connectivity index (χ0v) is 12.6. The Morgan fingerprint density at radius 3 is 3.20 bits per heavy atom. The second-order valence-corrected chi connectivity index (χ2v) is 6.02. The quantitative estimate of drug-likeness (QED) is 0.910. The van der Waals surface area contributed by atoms with E-state index in [0.717, 1.165) is 23.7 Å². The average molecular weight is 288 g/mol. The summed E-state index contributed by atoms with van der Waals surface area (Å²) in [5.74, 6) is 1.03. The van der Waals surface area contributed by atoms with Crippen molar-refractivity contribution < 1.29 is 4.74 Å². The predicted molar refractivity (Wildman–Crippen MR) is 82.2 cm³/mol. The van der Waals surface area contributed by atoms with Gasteiger partial charge in [0, 0.05) is 17.6 Å². The number of hydrogen-bond acceptors (Lipinski definition) is 4. The van der Waals surface area contributed by atoms with E-state index < -0.39 is 0 Å². The molecular weight excluding hydrogens is 268 g/mol. The summed E-state index contributed by atoms with van der Waals surface area (Å²) in [5.41, 5.74) is 2.79. The second-order valence-electron chi connectivity index (χ2n) is 5.04. The summed E-state index contributed by atoms with van der Waals surface area (Å²) in [6.07, 6.45) is 5.38. The molecule has 1 unspecified atom stereocenters. The molecule has 1 N–H and O–H groups in total. The summed E-state index contributed by atoms with van der Waals surface area (Å²) < 4.78 is 6.00. The molecule has 20 heavy (non-hydrogen) atoms. The third-order valence-corrected chi connectivity index (χ3v) is 4.50. The first-order valence-electron chi connectivity index (χ1n) is 7.25. The number of aromatic nitrogens is 1. The van der Waals surface area contributed by atoms with Gasteiger partial charge in [-0.15, -0.1) is 11.3 Å². The molecule has 0 radical (unpaired) electrons. The van der Waals surface area contributed by atoms with Crippen LogP contribution in [-0.2, 0) is 13.0 Å². The van der Waals surface area contributed by atoms with E-state index in [-0.39, 0.29) is 0 Å². The summed E-state index contributed by atoms with van der Waals surface area (Å²) in [4.78, 5) is 4.27. The van der Waals surface area contributed by atoms with Gasteiger partial charge in [-0.2, -0.15) is 0 Å². The fourth-order valence-corrected chi connectivity index (χ4v) is 3.40. The molecule has 106 valence electrons. The molecule has 0 spiro atoms. The van der Waals surface area contributed by atoms with Crippen LogP contribution in [0.4, 0.5) is 0 Å². The van der Waals surface area contributed by atoms with Crippen molar-refractivity contribution >= 4 is 11.3 Å². The maximum absolute atomic E-state index is 6.00. The fraction of sp³-hybridized carbons (Fsp3) is 0.438. The molecule has 0 bridgehead atoms. The van der Waals surface area contributed by atoms with E-state index in [2.05, 4.69) is 35.4 Å². The number of ether oxygens (including phenoxy) is 1. The molecule has 1 aromatic heterocycles. The second kappa shape index (κ2) is 6.37. The standard InChI is InChI=1S/C16H20N2OS/c1-2-17-14-7-3-6-13-12(14)5-4-8-15(13)19-11-16-18-9-10-20-16/h4-5,8-10,14,17H,2-3,6-7,11H2,1H3. The van der Waals surface area contributed by atoms with Crippen molar-refractivity contribution in [2.24, 2.45) is 0 Å². The Hall–Kier alpha value is -1.39. The number of rotatable bonds is 5. The summed E-state index contributed by atoms with van der Waals surface area (Å²) in [6, 6.07) is 6.90. The van der Waals surface area contributed by atoms with Crippen LogP contribution in [0.1, 0.15) is 41.9 Å². The van der Waals surface area contributed by atoms with Crippen molar-refractivity contribution in [1.29, 1.82) is 0 Å². The first-order chi connectivity index (χ1) is 9.88.